The lowest BCUT2D eigenvalue weighted by Crippen LogP contribution is -2.29. The van der Waals surface area contributed by atoms with Gasteiger partial charge in [-0.1, -0.05) is 50.3 Å². The molecule has 3 aromatic rings. The lowest BCUT2D eigenvalue weighted by Gasteiger charge is -2.10. The number of aromatic amines is 1. The predicted octanol–water partition coefficient (Wildman–Crippen LogP) is 2.58. The molecule has 0 atom stereocenters. The summed E-state index contributed by atoms with van der Waals surface area (Å²) in [5, 5.41) is 4.35. The van der Waals surface area contributed by atoms with Crippen molar-refractivity contribution >= 4 is 28.9 Å². The summed E-state index contributed by atoms with van der Waals surface area (Å²) >= 11 is 0. The number of hydrogen-bond acceptors (Lipinski definition) is 5. The van der Waals surface area contributed by atoms with Crippen molar-refractivity contribution in [2.45, 2.75) is 27.3 Å². The molecule has 28 heavy (non-hydrogen) atoms. The van der Waals surface area contributed by atoms with Gasteiger partial charge in [-0.3, -0.25) is 14.3 Å². The highest BCUT2D eigenvalue weighted by Crippen LogP contribution is 2.17. The molecule has 146 valence electrons. The molecular formula is C20H24N6O2. The molecule has 0 saturated heterocycles. The number of aromatic nitrogens is 4. The van der Waals surface area contributed by atoms with Crippen LogP contribution in [0.5, 0.6) is 0 Å². The molecule has 0 fully saturated rings. The van der Waals surface area contributed by atoms with Crippen LogP contribution in [0.2, 0.25) is 0 Å². The second kappa shape index (κ2) is 8.08. The van der Waals surface area contributed by atoms with E-state index in [1.54, 1.807) is 11.6 Å². The summed E-state index contributed by atoms with van der Waals surface area (Å²) in [5.74, 6) is 0.695. The molecular weight excluding hydrogens is 356 g/mol. The maximum absolute atomic E-state index is 12.4. The minimum Gasteiger partial charge on any atom is -0.303 e. The third-order valence-corrected chi connectivity index (χ3v) is 4.20. The second-order valence-electron chi connectivity index (χ2n) is 7.04. The van der Waals surface area contributed by atoms with Crippen molar-refractivity contribution in [1.82, 2.24) is 19.1 Å². The summed E-state index contributed by atoms with van der Waals surface area (Å²) in [6.07, 6.45) is 3.85. The minimum atomic E-state index is -0.497. The number of anilines is 1. The fourth-order valence-electron chi connectivity index (χ4n) is 2.82. The maximum atomic E-state index is 12.4. The molecule has 0 unspecified atom stereocenters. The van der Waals surface area contributed by atoms with Gasteiger partial charge in [-0.25, -0.2) is 10.2 Å². The van der Waals surface area contributed by atoms with E-state index in [4.69, 9.17) is 0 Å². The summed E-state index contributed by atoms with van der Waals surface area (Å²) in [5.41, 5.74) is 4.48. The first-order chi connectivity index (χ1) is 13.4. The van der Waals surface area contributed by atoms with E-state index in [0.717, 1.165) is 11.3 Å². The third-order valence-electron chi connectivity index (χ3n) is 4.20. The SMILES string of the molecule is CC(/C=C/c1ccccc1)=N\Nc1nc2c(c(=O)[nH]c(=O)n2C)n1CC(C)C. The molecule has 2 N–H and O–H groups in total. The molecule has 0 saturated carbocycles. The van der Waals surface area contributed by atoms with Gasteiger partial charge in [-0.05, 0) is 24.5 Å². The number of H-pyrrole nitrogens is 1. The molecule has 1 aromatic carbocycles. The van der Waals surface area contributed by atoms with Gasteiger partial charge < -0.3 is 4.57 Å². The number of hydrogen-bond donors (Lipinski definition) is 2. The van der Waals surface area contributed by atoms with Gasteiger partial charge in [0.2, 0.25) is 5.95 Å². The van der Waals surface area contributed by atoms with Crippen LogP contribution in [0.15, 0.2) is 51.1 Å². The van der Waals surface area contributed by atoms with Crippen LogP contribution < -0.4 is 16.7 Å². The van der Waals surface area contributed by atoms with Crippen LogP contribution in [0.1, 0.15) is 26.3 Å². The first-order valence-corrected chi connectivity index (χ1v) is 9.09. The van der Waals surface area contributed by atoms with Gasteiger partial charge >= 0.3 is 5.69 Å². The Hall–Kier alpha value is -3.42. The molecule has 0 amide bonds. The zero-order valence-electron chi connectivity index (χ0n) is 16.4. The third kappa shape index (κ3) is 4.11. The first-order valence-electron chi connectivity index (χ1n) is 9.09. The monoisotopic (exact) mass is 380 g/mol. The number of fused-ring (bicyclic) bond motifs is 1. The summed E-state index contributed by atoms with van der Waals surface area (Å²) in [7, 11) is 1.58. The van der Waals surface area contributed by atoms with Crippen molar-refractivity contribution in [3.05, 3.63) is 62.8 Å². The van der Waals surface area contributed by atoms with Crippen LogP contribution in [-0.2, 0) is 13.6 Å². The van der Waals surface area contributed by atoms with Crippen molar-refractivity contribution in [3.63, 3.8) is 0 Å². The summed E-state index contributed by atoms with van der Waals surface area (Å²) in [4.78, 5) is 31.0. The van der Waals surface area contributed by atoms with E-state index >= 15 is 0 Å². The summed E-state index contributed by atoms with van der Waals surface area (Å²) in [6.45, 7) is 6.52. The molecule has 0 aliphatic rings. The molecule has 8 heteroatoms. The Morgan fingerprint density at radius 1 is 1.29 bits per heavy atom. The molecule has 0 bridgehead atoms. The van der Waals surface area contributed by atoms with E-state index in [0.29, 0.717) is 23.7 Å². The van der Waals surface area contributed by atoms with E-state index < -0.39 is 11.2 Å². The van der Waals surface area contributed by atoms with E-state index in [2.05, 4.69) is 20.5 Å². The van der Waals surface area contributed by atoms with Crippen LogP contribution in [0.3, 0.4) is 0 Å². The Balaban J connectivity index is 1.97. The maximum Gasteiger partial charge on any atom is 0.329 e. The largest absolute Gasteiger partial charge is 0.329 e. The number of allylic oxidation sites excluding steroid dienone is 1. The smallest absolute Gasteiger partial charge is 0.303 e. The van der Waals surface area contributed by atoms with E-state index in [-0.39, 0.29) is 5.92 Å². The number of imidazole rings is 1. The van der Waals surface area contributed by atoms with Gasteiger partial charge in [-0.2, -0.15) is 10.1 Å². The standard InChI is InChI=1S/C20H24N6O2/c1-13(2)12-26-16-17(25(4)20(28)22-18(16)27)21-19(26)24-23-14(3)10-11-15-8-6-5-7-9-15/h5-11,13H,12H2,1-4H3,(H,21,24)(H,22,27,28)/b11-10+,23-14+. The second-order valence-corrected chi connectivity index (χ2v) is 7.04. The number of benzene rings is 1. The molecule has 2 aromatic heterocycles. The molecule has 0 aliphatic carbocycles. The molecule has 0 spiro atoms. The highest BCUT2D eigenvalue weighted by atomic mass is 16.2. The molecule has 8 nitrogen and oxygen atoms in total. The fraction of sp³-hybridized carbons (Fsp3) is 0.300. The number of nitrogens with zero attached hydrogens (tertiary/aromatic N) is 4. The topological polar surface area (TPSA) is 97.1 Å². The Morgan fingerprint density at radius 3 is 2.68 bits per heavy atom. The van der Waals surface area contributed by atoms with E-state index in [9.17, 15) is 9.59 Å². The predicted molar refractivity (Wildman–Crippen MR) is 113 cm³/mol. The molecule has 0 aliphatic heterocycles. The van der Waals surface area contributed by atoms with Crippen LogP contribution in [0, 0.1) is 5.92 Å². The highest BCUT2D eigenvalue weighted by Gasteiger charge is 2.17. The summed E-state index contributed by atoms with van der Waals surface area (Å²) in [6, 6.07) is 9.92. The minimum absolute atomic E-state index is 0.276. The van der Waals surface area contributed by atoms with Crippen LogP contribution >= 0.6 is 0 Å². The zero-order chi connectivity index (χ0) is 20.3. The van der Waals surface area contributed by atoms with Crippen molar-refractivity contribution < 1.29 is 0 Å². The van der Waals surface area contributed by atoms with Gasteiger partial charge in [0, 0.05) is 13.6 Å². The number of nitrogens with one attached hydrogen (secondary N) is 2. The van der Waals surface area contributed by atoms with Crippen molar-refractivity contribution in [2.24, 2.45) is 18.1 Å². The van der Waals surface area contributed by atoms with Crippen molar-refractivity contribution in [1.29, 1.82) is 0 Å². The normalized spacial score (nSPS) is 12.4. The lowest BCUT2D eigenvalue weighted by molar-refractivity contribution is 0.535. The van der Waals surface area contributed by atoms with Crippen molar-refractivity contribution in [2.75, 3.05) is 5.43 Å². The molecule has 2 heterocycles. The van der Waals surface area contributed by atoms with E-state index in [1.807, 2.05) is 63.3 Å². The number of aryl methyl sites for hydroxylation is 1. The Morgan fingerprint density at radius 2 is 2.00 bits per heavy atom. The fourth-order valence-corrected chi connectivity index (χ4v) is 2.82. The Kier molecular flexibility index (Phi) is 5.58. The lowest BCUT2D eigenvalue weighted by atomic mass is 10.2. The Labute approximate surface area is 162 Å². The quantitative estimate of drug-likeness (QED) is 0.507. The van der Waals surface area contributed by atoms with Crippen LogP contribution in [0.4, 0.5) is 5.95 Å². The van der Waals surface area contributed by atoms with Crippen LogP contribution in [-0.4, -0.2) is 24.8 Å². The molecule has 0 radical (unpaired) electrons. The van der Waals surface area contributed by atoms with Gasteiger partial charge in [0.25, 0.3) is 5.56 Å². The highest BCUT2D eigenvalue weighted by molar-refractivity contribution is 5.96. The summed E-state index contributed by atoms with van der Waals surface area (Å²) < 4.78 is 3.08. The van der Waals surface area contributed by atoms with Crippen LogP contribution in [0.25, 0.3) is 17.2 Å². The van der Waals surface area contributed by atoms with E-state index in [1.165, 1.54) is 4.57 Å². The first kappa shape index (κ1) is 19.3. The van der Waals surface area contributed by atoms with Crippen molar-refractivity contribution in [3.8, 4) is 0 Å². The average Bonchev–Trinajstić information content (AvgIpc) is 3.02. The van der Waals surface area contributed by atoms with Gasteiger partial charge in [-0.15, -0.1) is 0 Å². The average molecular weight is 380 g/mol. The van der Waals surface area contributed by atoms with Gasteiger partial charge in [0.1, 0.15) is 0 Å². The van der Waals surface area contributed by atoms with Gasteiger partial charge in [0.15, 0.2) is 11.2 Å². The Bertz CT molecular complexity index is 1150. The zero-order valence-corrected chi connectivity index (χ0v) is 16.4. The number of rotatable bonds is 6. The number of hydrazone groups is 1. The van der Waals surface area contributed by atoms with Gasteiger partial charge in [0.05, 0.1) is 5.71 Å². The molecule has 3 rings (SSSR count).